The quantitative estimate of drug-likeness (QED) is 0.681. The topological polar surface area (TPSA) is 76.1 Å². The van der Waals surface area contributed by atoms with Gasteiger partial charge in [-0.05, 0) is 39.0 Å². The number of hydrogen-bond donors (Lipinski definition) is 1. The Hall–Kier alpha value is -1.82. The molecule has 0 spiro atoms. The van der Waals surface area contributed by atoms with Crippen molar-refractivity contribution in [2.45, 2.75) is 64.3 Å². The third kappa shape index (κ3) is 3.07. The third-order valence-electron chi connectivity index (χ3n) is 5.38. The maximum Gasteiger partial charge on any atom is 0.338 e. The summed E-state index contributed by atoms with van der Waals surface area (Å²) in [6.07, 6.45) is 6.18. The first-order valence-corrected chi connectivity index (χ1v) is 8.53. The highest BCUT2D eigenvalue weighted by Crippen LogP contribution is 2.37. The summed E-state index contributed by atoms with van der Waals surface area (Å²) < 4.78 is 11.0. The summed E-state index contributed by atoms with van der Waals surface area (Å²) in [7, 11) is 0. The molecule has 132 valence electrons. The second kappa shape index (κ2) is 6.24. The first kappa shape index (κ1) is 17.0. The molecule has 6 heteroatoms. The molecule has 0 bridgehead atoms. The summed E-state index contributed by atoms with van der Waals surface area (Å²) in [5.74, 6) is -1.38. The van der Waals surface area contributed by atoms with E-state index in [-0.39, 0.29) is 24.7 Å². The number of allylic oxidation sites excluding steroid dienone is 1. The summed E-state index contributed by atoms with van der Waals surface area (Å²) in [4.78, 5) is 26.6. The molecule has 6 nitrogen and oxygen atoms in total. The molecule has 1 N–H and O–H groups in total. The molecular formula is C18H25NO5. The van der Waals surface area contributed by atoms with Crippen LogP contribution in [0.4, 0.5) is 0 Å². The van der Waals surface area contributed by atoms with Gasteiger partial charge in [-0.1, -0.05) is 18.6 Å². The van der Waals surface area contributed by atoms with Gasteiger partial charge in [-0.2, -0.15) is 0 Å². The van der Waals surface area contributed by atoms with Crippen LogP contribution in [0.2, 0.25) is 0 Å². The minimum Gasteiger partial charge on any atom is -0.457 e. The third-order valence-corrected chi connectivity index (χ3v) is 5.38. The average molecular weight is 335 g/mol. The fourth-order valence-corrected chi connectivity index (χ4v) is 3.72. The lowest BCUT2D eigenvalue weighted by Crippen LogP contribution is -2.44. The van der Waals surface area contributed by atoms with Gasteiger partial charge >= 0.3 is 11.9 Å². The first-order chi connectivity index (χ1) is 11.3. The number of esters is 2. The summed E-state index contributed by atoms with van der Waals surface area (Å²) in [6, 6.07) is 0.297. The molecular weight excluding hydrogens is 310 g/mol. The highest BCUT2D eigenvalue weighted by atomic mass is 16.6. The second-order valence-electron chi connectivity index (χ2n) is 7.28. The lowest BCUT2D eigenvalue weighted by atomic mass is 9.86. The number of aliphatic hydroxyl groups is 1. The Kier molecular flexibility index (Phi) is 4.42. The van der Waals surface area contributed by atoms with E-state index in [2.05, 4.69) is 0 Å². The van der Waals surface area contributed by atoms with Crippen LogP contribution in [0.15, 0.2) is 23.4 Å². The highest BCUT2D eigenvalue weighted by molar-refractivity contribution is 5.83. The lowest BCUT2D eigenvalue weighted by Gasteiger charge is -2.30. The monoisotopic (exact) mass is 335 g/mol. The number of carbonyl (C=O) groups is 2. The molecule has 1 saturated heterocycles. The summed E-state index contributed by atoms with van der Waals surface area (Å²) in [6.45, 7) is 5.14. The SMILES string of the molecule is C/C1=C\C(=O)OC2CCC3CC=C(COC(=O)C(C)(O)C(C)C1)N32. The summed E-state index contributed by atoms with van der Waals surface area (Å²) in [5, 5.41) is 10.6. The van der Waals surface area contributed by atoms with Gasteiger partial charge in [-0.3, -0.25) is 0 Å². The van der Waals surface area contributed by atoms with E-state index in [1.54, 1.807) is 13.8 Å². The van der Waals surface area contributed by atoms with Gasteiger partial charge in [0, 0.05) is 18.5 Å². The molecule has 3 rings (SSSR count). The average Bonchev–Trinajstić information content (AvgIpc) is 3.06. The van der Waals surface area contributed by atoms with Crippen molar-refractivity contribution in [3.05, 3.63) is 23.4 Å². The molecule has 0 aromatic rings. The number of nitrogens with zero attached hydrogens (tertiary/aromatic N) is 1. The van der Waals surface area contributed by atoms with Gasteiger partial charge in [-0.15, -0.1) is 0 Å². The van der Waals surface area contributed by atoms with Crippen LogP contribution < -0.4 is 0 Å². The predicted molar refractivity (Wildman–Crippen MR) is 86.6 cm³/mol. The second-order valence-corrected chi connectivity index (χ2v) is 7.28. The number of carbonyl (C=O) groups excluding carboxylic acids is 2. The normalized spacial score (nSPS) is 39.5. The van der Waals surface area contributed by atoms with E-state index in [0.29, 0.717) is 12.5 Å². The fraction of sp³-hybridized carbons (Fsp3) is 0.667. The molecule has 0 aromatic carbocycles. The molecule has 4 atom stereocenters. The van der Waals surface area contributed by atoms with Crippen LogP contribution in [-0.2, 0) is 19.1 Å². The van der Waals surface area contributed by atoms with Crippen molar-refractivity contribution in [2.75, 3.05) is 6.61 Å². The van der Waals surface area contributed by atoms with Gasteiger partial charge in [0.15, 0.2) is 11.8 Å². The van der Waals surface area contributed by atoms with Crippen LogP contribution in [0.3, 0.4) is 0 Å². The van der Waals surface area contributed by atoms with Crippen LogP contribution in [-0.4, -0.2) is 46.4 Å². The molecule has 0 amide bonds. The standard InChI is InChI=1S/C18H25NO5/c1-11-8-12(2)18(3,22)17(21)23-10-14-5-4-13-6-7-15(19(13)14)24-16(20)9-11/h5,9,12-13,15,22H,4,6-8,10H2,1-3H3/b11-9+. The van der Waals surface area contributed by atoms with Crippen molar-refractivity contribution in [1.82, 2.24) is 4.90 Å². The number of cyclic esters (lactones) is 1. The van der Waals surface area contributed by atoms with E-state index in [9.17, 15) is 14.7 Å². The maximum atomic E-state index is 12.4. The van der Waals surface area contributed by atoms with Crippen LogP contribution in [0.1, 0.15) is 46.5 Å². The Morgan fingerprint density at radius 2 is 2.08 bits per heavy atom. The van der Waals surface area contributed by atoms with Crippen LogP contribution in [0.5, 0.6) is 0 Å². The highest BCUT2D eigenvalue weighted by Gasteiger charge is 2.42. The van der Waals surface area contributed by atoms with E-state index in [1.165, 1.54) is 13.0 Å². The van der Waals surface area contributed by atoms with Crippen LogP contribution in [0.25, 0.3) is 0 Å². The van der Waals surface area contributed by atoms with Crippen molar-refractivity contribution in [2.24, 2.45) is 5.92 Å². The van der Waals surface area contributed by atoms with Crippen LogP contribution in [0, 0.1) is 5.92 Å². The number of rotatable bonds is 0. The molecule has 0 aromatic heterocycles. The Balaban J connectivity index is 1.88. The molecule has 0 saturated carbocycles. The first-order valence-electron chi connectivity index (χ1n) is 8.53. The van der Waals surface area contributed by atoms with E-state index in [4.69, 9.17) is 9.47 Å². The number of hydrogen-bond acceptors (Lipinski definition) is 6. The van der Waals surface area contributed by atoms with Crippen molar-refractivity contribution in [1.29, 1.82) is 0 Å². The van der Waals surface area contributed by atoms with Gasteiger partial charge in [0.05, 0.1) is 5.70 Å². The van der Waals surface area contributed by atoms with Gasteiger partial charge in [0.1, 0.15) is 6.61 Å². The van der Waals surface area contributed by atoms with E-state index in [1.807, 2.05) is 11.0 Å². The predicted octanol–water partition coefficient (Wildman–Crippen LogP) is 1.89. The zero-order valence-corrected chi connectivity index (χ0v) is 14.4. The molecule has 3 aliphatic heterocycles. The fourth-order valence-electron chi connectivity index (χ4n) is 3.72. The zero-order valence-electron chi connectivity index (χ0n) is 14.4. The van der Waals surface area contributed by atoms with Crippen molar-refractivity contribution in [3.63, 3.8) is 0 Å². The van der Waals surface area contributed by atoms with Crippen molar-refractivity contribution < 1.29 is 24.2 Å². The van der Waals surface area contributed by atoms with Gasteiger partial charge in [0.2, 0.25) is 0 Å². The Morgan fingerprint density at radius 1 is 1.33 bits per heavy atom. The smallest absolute Gasteiger partial charge is 0.338 e. The molecule has 0 radical (unpaired) electrons. The van der Waals surface area contributed by atoms with Gasteiger partial charge in [0.25, 0.3) is 0 Å². The Labute approximate surface area is 142 Å². The maximum absolute atomic E-state index is 12.4. The van der Waals surface area contributed by atoms with Gasteiger partial charge < -0.3 is 19.5 Å². The van der Waals surface area contributed by atoms with E-state index < -0.39 is 11.6 Å². The Morgan fingerprint density at radius 3 is 2.83 bits per heavy atom. The molecule has 3 heterocycles. The van der Waals surface area contributed by atoms with Gasteiger partial charge in [-0.25, -0.2) is 9.59 Å². The summed E-state index contributed by atoms with van der Waals surface area (Å²) >= 11 is 0. The largest absolute Gasteiger partial charge is 0.457 e. The van der Waals surface area contributed by atoms with Crippen molar-refractivity contribution in [3.8, 4) is 0 Å². The molecule has 4 unspecified atom stereocenters. The molecule has 1 fully saturated rings. The number of ether oxygens (including phenoxy) is 2. The van der Waals surface area contributed by atoms with E-state index >= 15 is 0 Å². The minimum atomic E-state index is -1.60. The minimum absolute atomic E-state index is 0.0959. The lowest BCUT2D eigenvalue weighted by molar-refractivity contribution is -0.168. The molecule has 0 aliphatic carbocycles. The van der Waals surface area contributed by atoms with E-state index in [0.717, 1.165) is 30.5 Å². The van der Waals surface area contributed by atoms with Crippen LogP contribution >= 0.6 is 0 Å². The molecule has 3 aliphatic rings. The Bertz CT molecular complexity index is 607. The van der Waals surface area contributed by atoms with Crippen molar-refractivity contribution >= 4 is 11.9 Å². The molecule has 24 heavy (non-hydrogen) atoms. The zero-order chi connectivity index (χ0) is 17.5. The summed E-state index contributed by atoms with van der Waals surface area (Å²) in [5.41, 5.74) is 0.0226.